The summed E-state index contributed by atoms with van der Waals surface area (Å²) in [5.74, 6) is 0.489. The average molecular weight is 301 g/mol. The molecule has 0 aliphatic carbocycles. The van der Waals surface area contributed by atoms with Crippen molar-refractivity contribution in [2.45, 2.75) is 33.2 Å². The molecule has 1 aromatic carbocycles. The fourth-order valence-electron chi connectivity index (χ4n) is 1.70. The van der Waals surface area contributed by atoms with E-state index in [2.05, 4.69) is 42.0 Å². The molecule has 0 amide bonds. The fourth-order valence-corrected chi connectivity index (χ4v) is 2.09. The first-order chi connectivity index (χ1) is 7.95. The molecular formula is C12H17BrN2O2. The standard InChI is InChI=1S/C12H17BrN2O2/c1-4-11(8(2)3)14-9-5-6-10(13)12(7-9)15(16)17/h5-8,11,14H,4H2,1-3H3. The van der Waals surface area contributed by atoms with Crippen LogP contribution in [0.15, 0.2) is 22.7 Å². The normalized spacial score (nSPS) is 12.5. The van der Waals surface area contributed by atoms with Crippen LogP contribution in [0.1, 0.15) is 27.2 Å². The van der Waals surface area contributed by atoms with Crippen molar-refractivity contribution in [3.8, 4) is 0 Å². The molecular weight excluding hydrogens is 284 g/mol. The number of benzene rings is 1. The molecule has 1 rings (SSSR count). The first-order valence-electron chi connectivity index (χ1n) is 5.66. The van der Waals surface area contributed by atoms with Crippen molar-refractivity contribution in [1.82, 2.24) is 0 Å². The van der Waals surface area contributed by atoms with Gasteiger partial charge in [-0.25, -0.2) is 0 Å². The van der Waals surface area contributed by atoms with Crippen LogP contribution in [0, 0.1) is 16.0 Å². The van der Waals surface area contributed by atoms with Crippen LogP contribution >= 0.6 is 15.9 Å². The summed E-state index contributed by atoms with van der Waals surface area (Å²) in [6.07, 6.45) is 0.988. The van der Waals surface area contributed by atoms with Crippen molar-refractivity contribution in [1.29, 1.82) is 0 Å². The van der Waals surface area contributed by atoms with Crippen molar-refractivity contribution in [3.63, 3.8) is 0 Å². The van der Waals surface area contributed by atoms with Gasteiger partial charge in [0.05, 0.1) is 9.40 Å². The topological polar surface area (TPSA) is 55.2 Å². The van der Waals surface area contributed by atoms with E-state index in [1.165, 1.54) is 0 Å². The molecule has 94 valence electrons. The van der Waals surface area contributed by atoms with E-state index in [1.807, 2.05) is 6.07 Å². The third-order valence-electron chi connectivity index (χ3n) is 2.74. The summed E-state index contributed by atoms with van der Waals surface area (Å²) in [5, 5.41) is 14.1. The van der Waals surface area contributed by atoms with E-state index in [9.17, 15) is 10.1 Å². The molecule has 1 atom stereocenters. The molecule has 0 spiro atoms. The molecule has 5 heteroatoms. The highest BCUT2D eigenvalue weighted by Crippen LogP contribution is 2.28. The minimum Gasteiger partial charge on any atom is -0.382 e. The average Bonchev–Trinajstić information content (AvgIpc) is 2.27. The smallest absolute Gasteiger partial charge is 0.285 e. The molecule has 0 saturated heterocycles. The summed E-state index contributed by atoms with van der Waals surface area (Å²) in [4.78, 5) is 10.4. The third-order valence-corrected chi connectivity index (χ3v) is 3.41. The van der Waals surface area contributed by atoms with E-state index in [0.29, 0.717) is 16.4 Å². The molecule has 0 radical (unpaired) electrons. The van der Waals surface area contributed by atoms with Crippen LogP contribution < -0.4 is 5.32 Å². The number of anilines is 1. The SMILES string of the molecule is CCC(Nc1ccc(Br)c([N+](=O)[O-])c1)C(C)C. The molecule has 1 aromatic rings. The Kier molecular flexibility index (Phi) is 4.93. The Hall–Kier alpha value is -1.10. The van der Waals surface area contributed by atoms with Gasteiger partial charge < -0.3 is 5.32 Å². The lowest BCUT2D eigenvalue weighted by molar-refractivity contribution is -0.385. The van der Waals surface area contributed by atoms with E-state index in [0.717, 1.165) is 12.1 Å². The summed E-state index contributed by atoms with van der Waals surface area (Å²) < 4.78 is 0.505. The summed E-state index contributed by atoms with van der Waals surface area (Å²) in [7, 11) is 0. The lowest BCUT2D eigenvalue weighted by Gasteiger charge is -2.21. The number of nitro groups is 1. The van der Waals surface area contributed by atoms with Gasteiger partial charge in [-0.05, 0) is 40.4 Å². The predicted molar refractivity (Wildman–Crippen MR) is 73.3 cm³/mol. The van der Waals surface area contributed by atoms with Crippen LogP contribution in [0.2, 0.25) is 0 Å². The number of hydrogen-bond donors (Lipinski definition) is 1. The molecule has 0 saturated carbocycles. The Bertz CT molecular complexity index is 407. The van der Waals surface area contributed by atoms with Crippen LogP contribution in [-0.2, 0) is 0 Å². The van der Waals surface area contributed by atoms with E-state index in [-0.39, 0.29) is 10.6 Å². The van der Waals surface area contributed by atoms with Crippen molar-refractivity contribution >= 4 is 27.3 Å². The van der Waals surface area contributed by atoms with Crippen LogP contribution in [0.4, 0.5) is 11.4 Å². The maximum absolute atomic E-state index is 10.8. The largest absolute Gasteiger partial charge is 0.382 e. The minimum atomic E-state index is -0.383. The zero-order chi connectivity index (χ0) is 13.0. The van der Waals surface area contributed by atoms with Gasteiger partial charge in [-0.15, -0.1) is 0 Å². The molecule has 17 heavy (non-hydrogen) atoms. The first-order valence-corrected chi connectivity index (χ1v) is 6.45. The number of halogens is 1. The van der Waals surface area contributed by atoms with Crippen molar-refractivity contribution in [3.05, 3.63) is 32.8 Å². The van der Waals surface area contributed by atoms with Gasteiger partial charge in [0, 0.05) is 17.8 Å². The molecule has 0 heterocycles. The Morgan fingerprint density at radius 2 is 2.12 bits per heavy atom. The van der Waals surface area contributed by atoms with Gasteiger partial charge in [0.1, 0.15) is 0 Å². The first kappa shape index (κ1) is 14.0. The van der Waals surface area contributed by atoms with Gasteiger partial charge in [0.2, 0.25) is 0 Å². The monoisotopic (exact) mass is 300 g/mol. The lowest BCUT2D eigenvalue weighted by atomic mass is 10.0. The Balaban J connectivity index is 2.92. The number of hydrogen-bond acceptors (Lipinski definition) is 3. The van der Waals surface area contributed by atoms with Crippen LogP contribution in [0.3, 0.4) is 0 Å². The maximum atomic E-state index is 10.8. The molecule has 0 bridgehead atoms. The highest BCUT2D eigenvalue weighted by atomic mass is 79.9. The maximum Gasteiger partial charge on any atom is 0.285 e. The number of rotatable bonds is 5. The molecule has 0 aromatic heterocycles. The van der Waals surface area contributed by atoms with E-state index in [4.69, 9.17) is 0 Å². The lowest BCUT2D eigenvalue weighted by Crippen LogP contribution is -2.24. The van der Waals surface area contributed by atoms with E-state index in [1.54, 1.807) is 12.1 Å². The van der Waals surface area contributed by atoms with Crippen LogP contribution in [0.25, 0.3) is 0 Å². The van der Waals surface area contributed by atoms with Gasteiger partial charge in [-0.1, -0.05) is 20.8 Å². The van der Waals surface area contributed by atoms with Crippen molar-refractivity contribution < 1.29 is 4.92 Å². The molecule has 1 N–H and O–H groups in total. The molecule has 0 fully saturated rings. The van der Waals surface area contributed by atoms with E-state index >= 15 is 0 Å². The summed E-state index contributed by atoms with van der Waals surface area (Å²) in [6, 6.07) is 5.45. The molecule has 4 nitrogen and oxygen atoms in total. The zero-order valence-corrected chi connectivity index (χ0v) is 11.8. The van der Waals surface area contributed by atoms with Crippen molar-refractivity contribution in [2.24, 2.45) is 5.92 Å². The van der Waals surface area contributed by atoms with Gasteiger partial charge in [-0.2, -0.15) is 0 Å². The fraction of sp³-hybridized carbons (Fsp3) is 0.500. The number of nitrogens with zero attached hydrogens (tertiary/aromatic N) is 1. The van der Waals surface area contributed by atoms with Gasteiger partial charge in [0.15, 0.2) is 0 Å². The van der Waals surface area contributed by atoms with Crippen LogP contribution in [-0.4, -0.2) is 11.0 Å². The number of nitro benzene ring substituents is 1. The van der Waals surface area contributed by atoms with E-state index < -0.39 is 0 Å². The van der Waals surface area contributed by atoms with Crippen molar-refractivity contribution in [2.75, 3.05) is 5.32 Å². The molecule has 0 aliphatic heterocycles. The second-order valence-corrected chi connectivity index (χ2v) is 5.18. The van der Waals surface area contributed by atoms with Gasteiger partial charge in [0.25, 0.3) is 5.69 Å². The minimum absolute atomic E-state index is 0.0913. The predicted octanol–water partition coefficient (Wildman–Crippen LogP) is 4.20. The molecule has 0 aliphatic rings. The highest BCUT2D eigenvalue weighted by Gasteiger charge is 2.15. The second kappa shape index (κ2) is 6.00. The Morgan fingerprint density at radius 3 is 2.59 bits per heavy atom. The van der Waals surface area contributed by atoms with Gasteiger partial charge >= 0.3 is 0 Å². The Labute approximate surface area is 110 Å². The highest BCUT2D eigenvalue weighted by molar-refractivity contribution is 9.10. The third kappa shape index (κ3) is 3.70. The van der Waals surface area contributed by atoms with Gasteiger partial charge in [-0.3, -0.25) is 10.1 Å². The Morgan fingerprint density at radius 1 is 1.47 bits per heavy atom. The molecule has 1 unspecified atom stereocenters. The second-order valence-electron chi connectivity index (χ2n) is 4.33. The summed E-state index contributed by atoms with van der Waals surface area (Å²) >= 11 is 3.17. The summed E-state index contributed by atoms with van der Waals surface area (Å²) in [6.45, 7) is 6.37. The number of nitrogens with one attached hydrogen (secondary N) is 1. The summed E-state index contributed by atoms with van der Waals surface area (Å²) in [5.41, 5.74) is 0.883. The quantitative estimate of drug-likeness (QED) is 0.655. The van der Waals surface area contributed by atoms with Crippen LogP contribution in [0.5, 0.6) is 0 Å². The zero-order valence-electron chi connectivity index (χ0n) is 10.2.